The van der Waals surface area contributed by atoms with Gasteiger partial charge in [-0.1, -0.05) is 41.4 Å². The summed E-state index contributed by atoms with van der Waals surface area (Å²) in [6.07, 6.45) is -0.976. The van der Waals surface area contributed by atoms with Crippen molar-refractivity contribution in [2.45, 2.75) is 38.1 Å². The van der Waals surface area contributed by atoms with Crippen LogP contribution in [0.15, 0.2) is 36.4 Å². The number of nitrogens with one attached hydrogen (secondary N) is 2. The van der Waals surface area contributed by atoms with E-state index in [1.165, 1.54) is 0 Å². The summed E-state index contributed by atoms with van der Waals surface area (Å²) in [6.45, 7) is 3.35. The molecule has 2 aromatic carbocycles. The van der Waals surface area contributed by atoms with Gasteiger partial charge >= 0.3 is 0 Å². The smallest absolute Gasteiger partial charge is 0.250 e. The lowest BCUT2D eigenvalue weighted by Gasteiger charge is -2.30. The normalized spacial score (nSPS) is 29.5. The van der Waals surface area contributed by atoms with E-state index in [9.17, 15) is 19.5 Å². The van der Waals surface area contributed by atoms with Gasteiger partial charge in [0.2, 0.25) is 17.7 Å². The molecule has 0 radical (unpaired) electrons. The first-order valence-corrected chi connectivity index (χ1v) is 11.1. The monoisotopic (exact) mass is 473 g/mol. The Morgan fingerprint density at radius 2 is 1.88 bits per heavy atom. The Bertz CT molecular complexity index is 1180. The number of aryl methyl sites for hydroxylation is 1. The predicted octanol–water partition coefficient (Wildman–Crippen LogP) is 2.60. The van der Waals surface area contributed by atoms with E-state index in [0.29, 0.717) is 26.9 Å². The fourth-order valence-electron chi connectivity index (χ4n) is 5.39. The first-order chi connectivity index (χ1) is 15.2. The molecular formula is C23H21Cl2N3O4. The zero-order valence-electron chi connectivity index (χ0n) is 17.4. The van der Waals surface area contributed by atoms with Gasteiger partial charge in [0, 0.05) is 27.3 Å². The molecule has 3 N–H and O–H groups in total. The molecule has 32 heavy (non-hydrogen) atoms. The number of anilines is 1. The summed E-state index contributed by atoms with van der Waals surface area (Å²) in [7, 11) is 0. The summed E-state index contributed by atoms with van der Waals surface area (Å²) in [5, 5.41) is 17.4. The van der Waals surface area contributed by atoms with Crippen LogP contribution in [0.1, 0.15) is 23.6 Å². The Morgan fingerprint density at radius 3 is 2.56 bits per heavy atom. The average Bonchev–Trinajstić information content (AvgIpc) is 3.31. The highest BCUT2D eigenvalue weighted by molar-refractivity contribution is 6.31. The Kier molecular flexibility index (Phi) is 4.87. The van der Waals surface area contributed by atoms with Crippen LogP contribution in [0.2, 0.25) is 10.0 Å². The van der Waals surface area contributed by atoms with Crippen molar-refractivity contribution in [1.29, 1.82) is 0 Å². The molecule has 0 saturated carbocycles. The minimum absolute atomic E-state index is 0.00397. The third-order valence-corrected chi connectivity index (χ3v) is 7.40. The largest absolute Gasteiger partial charge is 0.392 e. The Balaban J connectivity index is 1.65. The van der Waals surface area contributed by atoms with Crippen LogP contribution >= 0.6 is 23.2 Å². The van der Waals surface area contributed by atoms with E-state index in [2.05, 4.69) is 10.6 Å². The van der Waals surface area contributed by atoms with Gasteiger partial charge in [-0.3, -0.25) is 24.6 Å². The van der Waals surface area contributed by atoms with Gasteiger partial charge in [0.05, 0.1) is 24.5 Å². The molecule has 2 aromatic rings. The van der Waals surface area contributed by atoms with Crippen molar-refractivity contribution in [3.63, 3.8) is 0 Å². The van der Waals surface area contributed by atoms with Gasteiger partial charge in [-0.05, 0) is 43.2 Å². The lowest BCUT2D eigenvalue weighted by atomic mass is 9.76. The fraction of sp³-hybridized carbons (Fsp3) is 0.348. The molecule has 5 rings (SSSR count). The topological polar surface area (TPSA) is 98.7 Å². The summed E-state index contributed by atoms with van der Waals surface area (Å²) in [6, 6.07) is 9.56. The summed E-state index contributed by atoms with van der Waals surface area (Å²) in [4.78, 5) is 41.7. The van der Waals surface area contributed by atoms with Gasteiger partial charge in [-0.2, -0.15) is 0 Å². The SMILES string of the molecule is Cc1cc(Cl)cc2c1NC(=O)[C@@]21N[C@H]([C@H](C)O)[C@H]2C(=O)N(Cc3ccccc3Cl)C(=O)[C@H]21. The van der Waals surface area contributed by atoms with E-state index in [0.717, 1.165) is 10.5 Å². The lowest BCUT2D eigenvalue weighted by Crippen LogP contribution is -2.54. The number of rotatable bonds is 3. The molecule has 0 unspecified atom stereocenters. The van der Waals surface area contributed by atoms with Crippen LogP contribution in [0, 0.1) is 18.8 Å². The van der Waals surface area contributed by atoms with Crippen LogP contribution in [-0.4, -0.2) is 39.9 Å². The quantitative estimate of drug-likeness (QED) is 0.595. The number of carbonyl (C=O) groups is 3. The fourth-order valence-corrected chi connectivity index (χ4v) is 5.86. The third-order valence-electron chi connectivity index (χ3n) is 6.82. The number of benzene rings is 2. The van der Waals surface area contributed by atoms with Gasteiger partial charge < -0.3 is 10.4 Å². The number of amides is 3. The highest BCUT2D eigenvalue weighted by atomic mass is 35.5. The molecule has 3 aliphatic heterocycles. The highest BCUT2D eigenvalue weighted by Gasteiger charge is 2.71. The number of nitrogens with zero attached hydrogens (tertiary/aromatic N) is 1. The number of halogens is 2. The van der Waals surface area contributed by atoms with Gasteiger partial charge in [0.25, 0.3) is 0 Å². The molecule has 7 nitrogen and oxygen atoms in total. The maximum absolute atomic E-state index is 13.7. The molecule has 1 spiro atoms. The Labute approximate surface area is 194 Å². The minimum atomic E-state index is -1.50. The first-order valence-electron chi connectivity index (χ1n) is 10.3. The number of fused-ring (bicyclic) bond motifs is 4. The molecular weight excluding hydrogens is 453 g/mol. The zero-order valence-corrected chi connectivity index (χ0v) is 18.9. The molecule has 5 atom stereocenters. The van der Waals surface area contributed by atoms with E-state index in [1.54, 1.807) is 43.3 Å². The second kappa shape index (κ2) is 7.28. The molecule has 9 heteroatoms. The van der Waals surface area contributed by atoms with Gasteiger partial charge in [-0.15, -0.1) is 0 Å². The number of carbonyl (C=O) groups excluding carboxylic acids is 3. The van der Waals surface area contributed by atoms with E-state index < -0.39 is 47.2 Å². The van der Waals surface area contributed by atoms with E-state index in [4.69, 9.17) is 23.2 Å². The van der Waals surface area contributed by atoms with Gasteiger partial charge in [-0.25, -0.2) is 0 Å². The van der Waals surface area contributed by atoms with Gasteiger partial charge in [0.15, 0.2) is 0 Å². The molecule has 0 aromatic heterocycles. The van der Waals surface area contributed by atoms with Crippen molar-refractivity contribution < 1.29 is 19.5 Å². The molecule has 3 amide bonds. The highest BCUT2D eigenvalue weighted by Crippen LogP contribution is 2.54. The van der Waals surface area contributed by atoms with Crippen molar-refractivity contribution in [3.8, 4) is 0 Å². The summed E-state index contributed by atoms with van der Waals surface area (Å²) < 4.78 is 0. The molecule has 3 heterocycles. The van der Waals surface area contributed by atoms with Gasteiger partial charge in [0.1, 0.15) is 5.54 Å². The number of likely N-dealkylation sites (tertiary alicyclic amines) is 1. The van der Waals surface area contributed by atoms with Crippen molar-refractivity contribution in [3.05, 3.63) is 63.1 Å². The van der Waals surface area contributed by atoms with E-state index in [-0.39, 0.29) is 6.54 Å². The van der Waals surface area contributed by atoms with Crippen LogP contribution < -0.4 is 10.6 Å². The van der Waals surface area contributed by atoms with Crippen LogP contribution in [0.5, 0.6) is 0 Å². The summed E-state index contributed by atoms with van der Waals surface area (Å²) in [5.74, 6) is -3.26. The molecule has 2 saturated heterocycles. The number of imide groups is 1. The van der Waals surface area contributed by atoms with Crippen LogP contribution in [0.25, 0.3) is 0 Å². The Morgan fingerprint density at radius 1 is 1.16 bits per heavy atom. The number of aliphatic hydroxyl groups is 1. The number of hydrogen-bond acceptors (Lipinski definition) is 5. The molecule has 3 aliphatic rings. The lowest BCUT2D eigenvalue weighted by molar-refractivity contribution is -0.143. The number of aliphatic hydroxyl groups excluding tert-OH is 1. The molecule has 0 aliphatic carbocycles. The second-order valence-corrected chi connectivity index (χ2v) is 9.52. The van der Waals surface area contributed by atoms with Crippen LogP contribution in [0.4, 0.5) is 5.69 Å². The van der Waals surface area contributed by atoms with Crippen molar-refractivity contribution in [2.24, 2.45) is 11.8 Å². The molecule has 2 fully saturated rings. The zero-order chi connectivity index (χ0) is 22.9. The third kappa shape index (κ3) is 2.78. The van der Waals surface area contributed by atoms with Crippen molar-refractivity contribution in [2.75, 3.05) is 5.32 Å². The van der Waals surface area contributed by atoms with Crippen LogP contribution in [-0.2, 0) is 26.5 Å². The predicted molar refractivity (Wildman–Crippen MR) is 119 cm³/mol. The van der Waals surface area contributed by atoms with Crippen molar-refractivity contribution >= 4 is 46.6 Å². The van der Waals surface area contributed by atoms with E-state index >= 15 is 0 Å². The van der Waals surface area contributed by atoms with Crippen molar-refractivity contribution in [1.82, 2.24) is 10.2 Å². The average molecular weight is 474 g/mol. The van der Waals surface area contributed by atoms with E-state index in [1.807, 2.05) is 6.92 Å². The van der Waals surface area contributed by atoms with Crippen LogP contribution in [0.3, 0.4) is 0 Å². The molecule has 166 valence electrons. The summed E-state index contributed by atoms with van der Waals surface area (Å²) in [5.41, 5.74) is 0.968. The second-order valence-electron chi connectivity index (χ2n) is 8.68. The Hall–Kier alpha value is -2.45. The number of hydrogen-bond donors (Lipinski definition) is 3. The summed E-state index contributed by atoms with van der Waals surface area (Å²) >= 11 is 12.6. The first kappa shape index (κ1) is 21.4. The standard InChI is InChI=1S/C23H21Cl2N3O4/c1-10-7-13(24)8-14-18(10)26-22(32)23(14)17-16(19(27-23)11(2)29)20(30)28(21(17)31)9-12-5-3-4-6-15(12)25/h3-8,11,16-17,19,27,29H,9H2,1-2H3,(H,26,32)/t11-,16-,17-,19+,23+/m0/s1. The maximum Gasteiger partial charge on any atom is 0.250 e. The minimum Gasteiger partial charge on any atom is -0.392 e. The molecule has 0 bridgehead atoms. The maximum atomic E-state index is 13.7.